The predicted molar refractivity (Wildman–Crippen MR) is 90.3 cm³/mol. The Balaban J connectivity index is 1.63. The number of benzene rings is 2. The van der Waals surface area contributed by atoms with E-state index in [4.69, 9.17) is 4.74 Å². The number of nitrogens with zero attached hydrogens (tertiary/aromatic N) is 2. The van der Waals surface area contributed by atoms with E-state index in [0.29, 0.717) is 6.54 Å². The van der Waals surface area contributed by atoms with Crippen LogP contribution in [0.15, 0.2) is 67.0 Å². The molecule has 118 valence electrons. The van der Waals surface area contributed by atoms with Crippen LogP contribution in [0.3, 0.4) is 0 Å². The third kappa shape index (κ3) is 3.99. The van der Waals surface area contributed by atoms with Gasteiger partial charge in [0.05, 0.1) is 6.54 Å². The fraction of sp³-hybridized carbons (Fsp3) is 0.211. The van der Waals surface area contributed by atoms with Crippen LogP contribution in [0.1, 0.15) is 5.56 Å². The van der Waals surface area contributed by atoms with Crippen molar-refractivity contribution in [2.24, 2.45) is 0 Å². The molecule has 23 heavy (non-hydrogen) atoms. The fourth-order valence-electron chi connectivity index (χ4n) is 2.48. The van der Waals surface area contributed by atoms with Gasteiger partial charge in [0.1, 0.15) is 24.3 Å². The summed E-state index contributed by atoms with van der Waals surface area (Å²) < 4.78 is 7.60. The summed E-state index contributed by atoms with van der Waals surface area (Å²) >= 11 is 0. The summed E-state index contributed by atoms with van der Waals surface area (Å²) in [5, 5.41) is 10.2. The molecule has 0 aliphatic carbocycles. The summed E-state index contributed by atoms with van der Waals surface area (Å²) in [5.74, 6) is 1.62. The minimum Gasteiger partial charge on any atom is -0.491 e. The van der Waals surface area contributed by atoms with Gasteiger partial charge in [-0.15, -0.1) is 0 Å². The van der Waals surface area contributed by atoms with E-state index in [9.17, 15) is 5.11 Å². The molecule has 1 N–H and O–H groups in total. The molecule has 0 aliphatic heterocycles. The Morgan fingerprint density at radius 1 is 1.13 bits per heavy atom. The highest BCUT2D eigenvalue weighted by Crippen LogP contribution is 2.17. The summed E-state index contributed by atoms with van der Waals surface area (Å²) in [7, 11) is 0. The first-order valence-corrected chi connectivity index (χ1v) is 7.66. The second-order valence-corrected chi connectivity index (χ2v) is 5.55. The van der Waals surface area contributed by atoms with Gasteiger partial charge in [-0.05, 0) is 24.6 Å². The average Bonchev–Trinajstić information content (AvgIpc) is 3.02. The molecule has 0 fully saturated rings. The van der Waals surface area contributed by atoms with Crippen molar-refractivity contribution in [1.29, 1.82) is 0 Å². The lowest BCUT2D eigenvalue weighted by Crippen LogP contribution is -2.23. The standard InChI is InChI=1S/C19H20N2O2/c1-15-6-5-9-18(12-15)23-14-17(22)13-21-11-10-20-19(21)16-7-3-2-4-8-16/h2-12,17,22H,13-14H2,1H3. The van der Waals surface area contributed by atoms with Gasteiger partial charge in [0.25, 0.3) is 0 Å². The molecular formula is C19H20N2O2. The van der Waals surface area contributed by atoms with Crippen LogP contribution in [0.4, 0.5) is 0 Å². The molecule has 0 amide bonds. The van der Waals surface area contributed by atoms with Gasteiger partial charge in [-0.3, -0.25) is 0 Å². The van der Waals surface area contributed by atoms with Gasteiger partial charge < -0.3 is 14.4 Å². The zero-order chi connectivity index (χ0) is 16.1. The molecule has 0 aliphatic rings. The lowest BCUT2D eigenvalue weighted by molar-refractivity contribution is 0.0928. The first kappa shape index (κ1) is 15.3. The number of aliphatic hydroxyl groups is 1. The Morgan fingerprint density at radius 2 is 1.96 bits per heavy atom. The Labute approximate surface area is 136 Å². The summed E-state index contributed by atoms with van der Waals surface area (Å²) in [6.07, 6.45) is 3.02. The molecule has 3 rings (SSSR count). The third-order valence-electron chi connectivity index (χ3n) is 3.59. The molecule has 0 saturated carbocycles. The fourth-order valence-corrected chi connectivity index (χ4v) is 2.48. The van der Waals surface area contributed by atoms with E-state index in [1.807, 2.05) is 72.3 Å². The molecule has 0 saturated heterocycles. The van der Waals surface area contributed by atoms with Gasteiger partial charge in [0.2, 0.25) is 0 Å². The van der Waals surface area contributed by atoms with E-state index in [1.54, 1.807) is 6.20 Å². The van der Waals surface area contributed by atoms with Gasteiger partial charge in [0, 0.05) is 18.0 Å². The van der Waals surface area contributed by atoms with E-state index < -0.39 is 6.10 Å². The first-order valence-electron chi connectivity index (χ1n) is 7.66. The highest BCUT2D eigenvalue weighted by molar-refractivity contribution is 5.55. The normalized spacial score (nSPS) is 12.1. The van der Waals surface area contributed by atoms with Crippen LogP contribution < -0.4 is 4.74 Å². The SMILES string of the molecule is Cc1cccc(OCC(O)Cn2ccnc2-c2ccccc2)c1. The number of aryl methyl sites for hydroxylation is 1. The van der Waals surface area contributed by atoms with E-state index in [0.717, 1.165) is 22.7 Å². The summed E-state index contributed by atoms with van der Waals surface area (Å²) in [4.78, 5) is 4.38. The third-order valence-corrected chi connectivity index (χ3v) is 3.59. The summed E-state index contributed by atoms with van der Waals surface area (Å²) in [6, 6.07) is 17.8. The van der Waals surface area contributed by atoms with E-state index >= 15 is 0 Å². The molecule has 0 spiro atoms. The number of imidazole rings is 1. The summed E-state index contributed by atoms with van der Waals surface area (Å²) in [5.41, 5.74) is 2.17. The number of hydrogen-bond donors (Lipinski definition) is 1. The molecular weight excluding hydrogens is 288 g/mol. The van der Waals surface area contributed by atoms with Crippen LogP contribution in [0.5, 0.6) is 5.75 Å². The topological polar surface area (TPSA) is 47.3 Å². The lowest BCUT2D eigenvalue weighted by Gasteiger charge is -2.15. The second kappa shape index (κ2) is 7.11. The number of rotatable bonds is 6. The van der Waals surface area contributed by atoms with Gasteiger partial charge >= 0.3 is 0 Å². The van der Waals surface area contributed by atoms with E-state index in [-0.39, 0.29) is 6.61 Å². The quantitative estimate of drug-likeness (QED) is 0.760. The maximum Gasteiger partial charge on any atom is 0.139 e. The smallest absolute Gasteiger partial charge is 0.139 e. The number of hydrogen-bond acceptors (Lipinski definition) is 3. The van der Waals surface area contributed by atoms with Crippen molar-refractivity contribution in [3.63, 3.8) is 0 Å². The van der Waals surface area contributed by atoms with Gasteiger partial charge in [0.15, 0.2) is 0 Å². The van der Waals surface area contributed by atoms with Gasteiger partial charge in [-0.2, -0.15) is 0 Å². The zero-order valence-corrected chi connectivity index (χ0v) is 13.1. The van der Waals surface area contributed by atoms with Crippen LogP contribution >= 0.6 is 0 Å². The van der Waals surface area contributed by atoms with Crippen LogP contribution in [0.25, 0.3) is 11.4 Å². The Morgan fingerprint density at radius 3 is 2.74 bits per heavy atom. The largest absolute Gasteiger partial charge is 0.491 e. The molecule has 1 unspecified atom stereocenters. The molecule has 4 heteroatoms. The zero-order valence-electron chi connectivity index (χ0n) is 13.1. The van der Waals surface area contributed by atoms with Crippen LogP contribution in [-0.4, -0.2) is 27.4 Å². The highest BCUT2D eigenvalue weighted by atomic mass is 16.5. The van der Waals surface area contributed by atoms with Crippen LogP contribution in [0.2, 0.25) is 0 Å². The van der Waals surface area contributed by atoms with Crippen molar-refractivity contribution in [2.45, 2.75) is 19.6 Å². The van der Waals surface area contributed by atoms with E-state index in [2.05, 4.69) is 4.98 Å². The number of aliphatic hydroxyl groups excluding tert-OH is 1. The monoisotopic (exact) mass is 308 g/mol. The van der Waals surface area contributed by atoms with Crippen molar-refractivity contribution >= 4 is 0 Å². The Kier molecular flexibility index (Phi) is 4.74. The molecule has 0 radical (unpaired) electrons. The average molecular weight is 308 g/mol. The van der Waals surface area contributed by atoms with Crippen molar-refractivity contribution in [3.8, 4) is 17.1 Å². The van der Waals surface area contributed by atoms with Crippen molar-refractivity contribution < 1.29 is 9.84 Å². The Bertz CT molecular complexity index is 753. The second-order valence-electron chi connectivity index (χ2n) is 5.55. The summed E-state index contributed by atoms with van der Waals surface area (Å²) in [6.45, 7) is 2.70. The number of aromatic nitrogens is 2. The van der Waals surface area contributed by atoms with E-state index in [1.165, 1.54) is 0 Å². The van der Waals surface area contributed by atoms with Crippen molar-refractivity contribution in [2.75, 3.05) is 6.61 Å². The van der Waals surface area contributed by atoms with Crippen LogP contribution in [0, 0.1) is 6.92 Å². The molecule has 2 aromatic carbocycles. The maximum absolute atomic E-state index is 10.2. The number of ether oxygens (including phenoxy) is 1. The maximum atomic E-state index is 10.2. The van der Waals surface area contributed by atoms with Crippen molar-refractivity contribution in [1.82, 2.24) is 9.55 Å². The molecule has 3 aromatic rings. The lowest BCUT2D eigenvalue weighted by atomic mass is 10.2. The molecule has 4 nitrogen and oxygen atoms in total. The molecule has 1 heterocycles. The predicted octanol–water partition coefficient (Wildman–Crippen LogP) is 3.30. The first-order chi connectivity index (χ1) is 11.2. The highest BCUT2D eigenvalue weighted by Gasteiger charge is 2.11. The minimum absolute atomic E-state index is 0.246. The van der Waals surface area contributed by atoms with Gasteiger partial charge in [-0.25, -0.2) is 4.98 Å². The van der Waals surface area contributed by atoms with Crippen molar-refractivity contribution in [3.05, 3.63) is 72.6 Å². The van der Waals surface area contributed by atoms with Gasteiger partial charge in [-0.1, -0.05) is 42.5 Å². The molecule has 0 bridgehead atoms. The molecule has 1 atom stereocenters. The Hall–Kier alpha value is -2.59. The van der Waals surface area contributed by atoms with Crippen LogP contribution in [-0.2, 0) is 6.54 Å². The minimum atomic E-state index is -0.604. The molecule has 1 aromatic heterocycles.